The molecule has 0 N–H and O–H groups in total. The topological polar surface area (TPSA) is 20.3 Å². The van der Waals surface area contributed by atoms with E-state index >= 15 is 0 Å². The van der Waals surface area contributed by atoms with Crippen molar-refractivity contribution in [2.75, 3.05) is 10.7 Å². The van der Waals surface area contributed by atoms with Crippen molar-refractivity contribution in [2.45, 2.75) is 19.2 Å². The number of benzene rings is 2. The lowest BCUT2D eigenvalue weighted by molar-refractivity contribution is -0.115. The predicted molar refractivity (Wildman–Crippen MR) is 90.0 cm³/mol. The van der Waals surface area contributed by atoms with Crippen molar-refractivity contribution < 1.29 is 9.18 Å². The Labute approximate surface area is 138 Å². The zero-order valence-electron chi connectivity index (χ0n) is 12.3. The van der Waals surface area contributed by atoms with Gasteiger partial charge < -0.3 is 0 Å². The number of hydrogen-bond acceptors (Lipinski definition) is 2. The Morgan fingerprint density at radius 1 is 1.23 bits per heavy atom. The monoisotopic (exact) mass is 335 g/mol. The fourth-order valence-electron chi connectivity index (χ4n) is 2.54. The summed E-state index contributed by atoms with van der Waals surface area (Å²) in [7, 11) is 0. The molecule has 5 heteroatoms. The van der Waals surface area contributed by atoms with Crippen LogP contribution in [-0.4, -0.2) is 11.7 Å². The van der Waals surface area contributed by atoms with Gasteiger partial charge in [0, 0.05) is 16.3 Å². The molecule has 0 spiro atoms. The number of aryl methyl sites for hydroxylation is 2. The van der Waals surface area contributed by atoms with E-state index in [0.29, 0.717) is 16.3 Å². The number of halogens is 2. The van der Waals surface area contributed by atoms with Crippen molar-refractivity contribution in [3.8, 4) is 0 Å². The summed E-state index contributed by atoms with van der Waals surface area (Å²) in [6.45, 7) is 4.02. The Hall–Kier alpha value is -1.52. The Kier molecular flexibility index (Phi) is 4.15. The molecule has 1 aliphatic heterocycles. The van der Waals surface area contributed by atoms with Crippen LogP contribution in [0.2, 0.25) is 5.02 Å². The first-order valence-electron chi connectivity index (χ1n) is 6.94. The summed E-state index contributed by atoms with van der Waals surface area (Å²) in [6, 6.07) is 10.4. The van der Waals surface area contributed by atoms with Crippen LogP contribution >= 0.6 is 23.4 Å². The van der Waals surface area contributed by atoms with Crippen molar-refractivity contribution >= 4 is 35.0 Å². The molecule has 1 fully saturated rings. The second-order valence-corrected chi connectivity index (χ2v) is 6.81. The number of amides is 1. The molecule has 1 atom stereocenters. The zero-order valence-corrected chi connectivity index (χ0v) is 13.8. The van der Waals surface area contributed by atoms with Crippen LogP contribution in [-0.2, 0) is 4.79 Å². The maximum atomic E-state index is 14.2. The van der Waals surface area contributed by atoms with E-state index in [1.165, 1.54) is 17.8 Å². The van der Waals surface area contributed by atoms with E-state index in [1.54, 1.807) is 17.0 Å². The van der Waals surface area contributed by atoms with Crippen LogP contribution in [0.1, 0.15) is 22.1 Å². The van der Waals surface area contributed by atoms with Crippen LogP contribution in [0, 0.1) is 19.7 Å². The van der Waals surface area contributed by atoms with Gasteiger partial charge in [-0.25, -0.2) is 4.39 Å². The van der Waals surface area contributed by atoms with E-state index in [1.807, 2.05) is 32.0 Å². The number of carbonyl (C=O) groups excluding carboxylic acids is 1. The molecule has 22 heavy (non-hydrogen) atoms. The van der Waals surface area contributed by atoms with Gasteiger partial charge in [-0.2, -0.15) is 0 Å². The summed E-state index contributed by atoms with van der Waals surface area (Å²) in [5.41, 5.74) is 3.41. The standard InChI is InChI=1S/C17H15ClFNOS/c1-10-6-7-12(8-11(10)2)20-15(21)9-22-17(20)16-13(18)4-3-5-14(16)19/h3-8,17H,9H2,1-2H3/t17-/m1/s1. The number of hydrogen-bond donors (Lipinski definition) is 0. The number of carbonyl (C=O) groups is 1. The predicted octanol–water partition coefficient (Wildman–Crippen LogP) is 4.87. The summed E-state index contributed by atoms with van der Waals surface area (Å²) >= 11 is 7.57. The van der Waals surface area contributed by atoms with Gasteiger partial charge in [-0.3, -0.25) is 9.69 Å². The first-order chi connectivity index (χ1) is 10.5. The van der Waals surface area contributed by atoms with Crippen molar-refractivity contribution in [1.29, 1.82) is 0 Å². The maximum absolute atomic E-state index is 14.2. The molecule has 0 aromatic heterocycles. The maximum Gasteiger partial charge on any atom is 0.238 e. The van der Waals surface area contributed by atoms with Crippen LogP contribution in [0.15, 0.2) is 36.4 Å². The molecule has 1 saturated heterocycles. The average molecular weight is 336 g/mol. The van der Waals surface area contributed by atoms with Gasteiger partial charge in [-0.1, -0.05) is 23.7 Å². The third kappa shape index (κ3) is 2.61. The number of nitrogens with zero attached hydrogens (tertiary/aromatic N) is 1. The van der Waals surface area contributed by atoms with Gasteiger partial charge in [0.05, 0.1) is 5.75 Å². The largest absolute Gasteiger partial charge is 0.295 e. The molecular weight excluding hydrogens is 321 g/mol. The first kappa shape index (κ1) is 15.4. The minimum absolute atomic E-state index is 0.0300. The van der Waals surface area contributed by atoms with Gasteiger partial charge in [0.25, 0.3) is 0 Å². The van der Waals surface area contributed by atoms with E-state index in [4.69, 9.17) is 11.6 Å². The fraction of sp³-hybridized carbons (Fsp3) is 0.235. The van der Waals surface area contributed by atoms with Gasteiger partial charge >= 0.3 is 0 Å². The molecule has 0 radical (unpaired) electrons. The van der Waals surface area contributed by atoms with Crippen molar-refractivity contribution in [3.63, 3.8) is 0 Å². The molecular formula is C17H15ClFNOS. The Morgan fingerprint density at radius 3 is 2.68 bits per heavy atom. The second kappa shape index (κ2) is 5.94. The smallest absolute Gasteiger partial charge is 0.238 e. The van der Waals surface area contributed by atoms with Gasteiger partial charge in [-0.05, 0) is 49.2 Å². The lowest BCUT2D eigenvalue weighted by Gasteiger charge is -2.26. The molecule has 1 heterocycles. The van der Waals surface area contributed by atoms with Gasteiger partial charge in [0.15, 0.2) is 0 Å². The molecule has 2 aromatic rings. The minimum atomic E-state index is -0.427. The lowest BCUT2D eigenvalue weighted by Crippen LogP contribution is -2.28. The van der Waals surface area contributed by atoms with E-state index < -0.39 is 5.37 Å². The van der Waals surface area contributed by atoms with Crippen molar-refractivity contribution in [2.24, 2.45) is 0 Å². The molecule has 0 saturated carbocycles. The summed E-state index contributed by atoms with van der Waals surface area (Å²) in [4.78, 5) is 14.0. The molecule has 114 valence electrons. The molecule has 0 aliphatic carbocycles. The molecule has 0 unspecified atom stereocenters. The number of rotatable bonds is 2. The molecule has 2 aromatic carbocycles. The second-order valence-electron chi connectivity index (χ2n) is 5.33. The van der Waals surface area contributed by atoms with Crippen LogP contribution in [0.3, 0.4) is 0 Å². The fourth-order valence-corrected chi connectivity index (χ4v) is 4.10. The van der Waals surface area contributed by atoms with E-state index in [9.17, 15) is 9.18 Å². The molecule has 1 aliphatic rings. The Bertz CT molecular complexity index is 729. The number of anilines is 1. The molecule has 1 amide bonds. The average Bonchev–Trinajstić information content (AvgIpc) is 2.84. The molecule has 3 rings (SSSR count). The van der Waals surface area contributed by atoms with Gasteiger partial charge in [-0.15, -0.1) is 11.8 Å². The third-order valence-electron chi connectivity index (χ3n) is 3.88. The normalized spacial score (nSPS) is 18.1. The van der Waals surface area contributed by atoms with Crippen LogP contribution in [0.5, 0.6) is 0 Å². The van der Waals surface area contributed by atoms with Crippen LogP contribution in [0.4, 0.5) is 10.1 Å². The third-order valence-corrected chi connectivity index (χ3v) is 5.39. The van der Waals surface area contributed by atoms with Crippen molar-refractivity contribution in [1.82, 2.24) is 0 Å². The SMILES string of the molecule is Cc1ccc(N2C(=O)CS[C@@H]2c2c(F)cccc2Cl)cc1C. The van der Waals surface area contributed by atoms with Crippen molar-refractivity contribution in [3.05, 3.63) is 63.9 Å². The minimum Gasteiger partial charge on any atom is -0.295 e. The van der Waals surface area contributed by atoms with Gasteiger partial charge in [0.2, 0.25) is 5.91 Å². The summed E-state index contributed by atoms with van der Waals surface area (Å²) in [5, 5.41) is -0.0793. The lowest BCUT2D eigenvalue weighted by atomic mass is 10.1. The Morgan fingerprint density at radius 2 is 2.00 bits per heavy atom. The van der Waals surface area contributed by atoms with Gasteiger partial charge in [0.1, 0.15) is 11.2 Å². The first-order valence-corrected chi connectivity index (χ1v) is 8.36. The van der Waals surface area contributed by atoms with Crippen LogP contribution in [0.25, 0.3) is 0 Å². The highest BCUT2D eigenvalue weighted by molar-refractivity contribution is 8.00. The van der Waals surface area contributed by atoms with Crippen LogP contribution < -0.4 is 4.90 Å². The number of thioether (sulfide) groups is 1. The highest BCUT2D eigenvalue weighted by Crippen LogP contribution is 2.45. The highest BCUT2D eigenvalue weighted by atomic mass is 35.5. The molecule has 0 bridgehead atoms. The summed E-state index contributed by atoms with van der Waals surface area (Å²) in [6.07, 6.45) is 0. The quantitative estimate of drug-likeness (QED) is 0.780. The summed E-state index contributed by atoms with van der Waals surface area (Å²) in [5.74, 6) is -0.0893. The van der Waals surface area contributed by atoms with E-state index in [-0.39, 0.29) is 11.7 Å². The Balaban J connectivity index is 2.08. The van der Waals surface area contributed by atoms with E-state index in [0.717, 1.165) is 16.8 Å². The van der Waals surface area contributed by atoms with E-state index in [2.05, 4.69) is 0 Å². The summed E-state index contributed by atoms with van der Waals surface area (Å²) < 4.78 is 14.2. The molecule has 2 nitrogen and oxygen atoms in total. The zero-order chi connectivity index (χ0) is 15.9. The highest BCUT2D eigenvalue weighted by Gasteiger charge is 2.36.